The lowest BCUT2D eigenvalue weighted by Gasteiger charge is -2.11. The normalized spacial score (nSPS) is 11.4. The summed E-state index contributed by atoms with van der Waals surface area (Å²) in [7, 11) is 0. The van der Waals surface area contributed by atoms with Gasteiger partial charge in [-0.05, 0) is 41.1 Å². The Morgan fingerprint density at radius 2 is 2.15 bits per heavy atom. The van der Waals surface area contributed by atoms with Crippen molar-refractivity contribution in [2.45, 2.75) is 19.8 Å². The first-order chi connectivity index (χ1) is 9.33. The van der Waals surface area contributed by atoms with Crippen LogP contribution in [0.2, 0.25) is 0 Å². The SMILES string of the molecule is Cc1nc(CNc2ccc(OC(F)(F)F)cc2Br)cs1. The molecule has 0 amide bonds. The molecule has 0 bridgehead atoms. The smallest absolute Gasteiger partial charge is 0.406 e. The molecule has 0 saturated carbocycles. The lowest BCUT2D eigenvalue weighted by Crippen LogP contribution is -2.17. The number of hydrogen-bond acceptors (Lipinski definition) is 4. The number of ether oxygens (including phenoxy) is 1. The van der Waals surface area contributed by atoms with Crippen LogP contribution in [0.3, 0.4) is 0 Å². The van der Waals surface area contributed by atoms with Gasteiger partial charge in [0.15, 0.2) is 0 Å². The Morgan fingerprint density at radius 3 is 2.70 bits per heavy atom. The van der Waals surface area contributed by atoms with Crippen LogP contribution in [-0.2, 0) is 6.54 Å². The lowest BCUT2D eigenvalue weighted by atomic mass is 10.3. The number of nitrogens with zero attached hydrogens (tertiary/aromatic N) is 1. The maximum absolute atomic E-state index is 12.1. The Balaban J connectivity index is 2.02. The van der Waals surface area contributed by atoms with E-state index in [-0.39, 0.29) is 5.75 Å². The molecule has 108 valence electrons. The molecule has 2 rings (SSSR count). The summed E-state index contributed by atoms with van der Waals surface area (Å²) in [6, 6.07) is 4.04. The van der Waals surface area contributed by atoms with Gasteiger partial charge in [0.1, 0.15) is 5.75 Å². The van der Waals surface area contributed by atoms with Crippen LogP contribution in [-0.4, -0.2) is 11.3 Å². The van der Waals surface area contributed by atoms with E-state index in [9.17, 15) is 13.2 Å². The molecule has 0 aliphatic carbocycles. The number of halogens is 4. The number of aromatic nitrogens is 1. The van der Waals surface area contributed by atoms with Crippen LogP contribution in [0.25, 0.3) is 0 Å². The second-order valence-electron chi connectivity index (χ2n) is 3.90. The van der Waals surface area contributed by atoms with Crippen LogP contribution >= 0.6 is 27.3 Å². The number of anilines is 1. The molecule has 1 aromatic heterocycles. The van der Waals surface area contributed by atoms with Gasteiger partial charge in [0.2, 0.25) is 0 Å². The highest BCUT2D eigenvalue weighted by molar-refractivity contribution is 9.10. The molecule has 0 saturated heterocycles. The number of hydrogen-bond donors (Lipinski definition) is 1. The van der Waals surface area contributed by atoms with E-state index in [1.165, 1.54) is 18.2 Å². The molecule has 1 heterocycles. The number of nitrogens with one attached hydrogen (secondary N) is 1. The number of benzene rings is 1. The quantitative estimate of drug-likeness (QED) is 0.849. The van der Waals surface area contributed by atoms with Crippen molar-refractivity contribution in [3.8, 4) is 5.75 Å². The van der Waals surface area contributed by atoms with Gasteiger partial charge in [0, 0.05) is 15.5 Å². The van der Waals surface area contributed by atoms with E-state index in [4.69, 9.17) is 0 Å². The molecule has 0 atom stereocenters. The zero-order valence-electron chi connectivity index (χ0n) is 10.3. The Hall–Kier alpha value is -1.28. The Kier molecular flexibility index (Phi) is 4.54. The fraction of sp³-hybridized carbons (Fsp3) is 0.250. The molecule has 0 radical (unpaired) electrons. The van der Waals surface area contributed by atoms with Crippen LogP contribution < -0.4 is 10.1 Å². The summed E-state index contributed by atoms with van der Waals surface area (Å²) >= 11 is 4.75. The van der Waals surface area contributed by atoms with Crippen LogP contribution in [0, 0.1) is 6.92 Å². The third-order valence-corrected chi connectivity index (χ3v) is 3.78. The molecule has 0 unspecified atom stereocenters. The van der Waals surface area contributed by atoms with Gasteiger partial charge in [-0.1, -0.05) is 0 Å². The first-order valence-corrected chi connectivity index (χ1v) is 7.21. The van der Waals surface area contributed by atoms with Gasteiger partial charge in [-0.3, -0.25) is 0 Å². The fourth-order valence-corrected chi connectivity index (χ4v) is 2.62. The lowest BCUT2D eigenvalue weighted by molar-refractivity contribution is -0.274. The summed E-state index contributed by atoms with van der Waals surface area (Å²) in [6.07, 6.45) is -4.69. The molecular weight excluding hydrogens is 357 g/mol. The van der Waals surface area contributed by atoms with E-state index in [0.717, 1.165) is 10.7 Å². The van der Waals surface area contributed by atoms with E-state index >= 15 is 0 Å². The maximum Gasteiger partial charge on any atom is 0.573 e. The molecule has 0 aliphatic heterocycles. The van der Waals surface area contributed by atoms with Crippen molar-refractivity contribution >= 4 is 33.0 Å². The minimum Gasteiger partial charge on any atom is -0.406 e. The van der Waals surface area contributed by atoms with Crippen LogP contribution in [0.5, 0.6) is 5.75 Å². The van der Waals surface area contributed by atoms with E-state index in [1.54, 1.807) is 11.3 Å². The van der Waals surface area contributed by atoms with E-state index in [1.807, 2.05) is 12.3 Å². The van der Waals surface area contributed by atoms with E-state index in [0.29, 0.717) is 16.7 Å². The predicted octanol–water partition coefficient (Wildman–Crippen LogP) is 4.72. The van der Waals surface area contributed by atoms with E-state index in [2.05, 4.69) is 31.0 Å². The highest BCUT2D eigenvalue weighted by Crippen LogP contribution is 2.30. The molecular formula is C12H10BrF3N2OS. The summed E-state index contributed by atoms with van der Waals surface area (Å²) in [5.41, 5.74) is 1.56. The van der Waals surface area contributed by atoms with Gasteiger partial charge in [0.25, 0.3) is 0 Å². The second-order valence-corrected chi connectivity index (χ2v) is 5.82. The zero-order chi connectivity index (χ0) is 14.8. The van der Waals surface area contributed by atoms with Crippen molar-refractivity contribution in [3.63, 3.8) is 0 Å². The third-order valence-electron chi connectivity index (χ3n) is 2.30. The van der Waals surface area contributed by atoms with Gasteiger partial charge in [-0.25, -0.2) is 4.98 Å². The van der Waals surface area contributed by atoms with Gasteiger partial charge in [-0.2, -0.15) is 0 Å². The Labute approximate surface area is 125 Å². The largest absolute Gasteiger partial charge is 0.573 e. The molecule has 8 heteroatoms. The summed E-state index contributed by atoms with van der Waals surface area (Å²) in [6.45, 7) is 2.41. The molecule has 0 aliphatic rings. The van der Waals surface area contributed by atoms with Crippen molar-refractivity contribution in [1.29, 1.82) is 0 Å². The van der Waals surface area contributed by atoms with Crippen molar-refractivity contribution in [1.82, 2.24) is 4.98 Å². The van der Waals surface area contributed by atoms with Crippen LogP contribution in [0.15, 0.2) is 28.1 Å². The Bertz CT molecular complexity index is 601. The molecule has 3 nitrogen and oxygen atoms in total. The average Bonchev–Trinajstić information content (AvgIpc) is 2.72. The summed E-state index contributed by atoms with van der Waals surface area (Å²) in [5.74, 6) is -0.264. The van der Waals surface area contributed by atoms with Crippen molar-refractivity contribution < 1.29 is 17.9 Å². The second kappa shape index (κ2) is 6.01. The van der Waals surface area contributed by atoms with Gasteiger partial charge < -0.3 is 10.1 Å². The standard InChI is InChI=1S/C12H10BrF3N2OS/c1-7-18-8(6-20-7)5-17-11-3-2-9(4-10(11)13)19-12(14,15)16/h2-4,6,17H,5H2,1H3. The highest BCUT2D eigenvalue weighted by Gasteiger charge is 2.31. The minimum atomic E-state index is -4.69. The van der Waals surface area contributed by atoms with Gasteiger partial charge in [0.05, 0.1) is 17.2 Å². The fourth-order valence-electron chi connectivity index (χ4n) is 1.51. The third kappa shape index (κ3) is 4.38. The highest BCUT2D eigenvalue weighted by atomic mass is 79.9. The summed E-state index contributed by atoms with van der Waals surface area (Å²) < 4.78 is 40.6. The molecule has 1 N–H and O–H groups in total. The molecule has 0 fully saturated rings. The van der Waals surface area contributed by atoms with Crippen LogP contribution in [0.1, 0.15) is 10.7 Å². The van der Waals surface area contributed by atoms with Gasteiger partial charge >= 0.3 is 6.36 Å². The van der Waals surface area contributed by atoms with Crippen molar-refractivity contribution in [3.05, 3.63) is 38.8 Å². The topological polar surface area (TPSA) is 34.2 Å². The predicted molar refractivity (Wildman–Crippen MR) is 75.0 cm³/mol. The van der Waals surface area contributed by atoms with Crippen molar-refractivity contribution in [2.24, 2.45) is 0 Å². The maximum atomic E-state index is 12.1. The van der Waals surface area contributed by atoms with E-state index < -0.39 is 6.36 Å². The Morgan fingerprint density at radius 1 is 1.40 bits per heavy atom. The molecule has 20 heavy (non-hydrogen) atoms. The molecule has 0 spiro atoms. The number of aryl methyl sites for hydroxylation is 1. The van der Waals surface area contributed by atoms with Gasteiger partial charge in [-0.15, -0.1) is 24.5 Å². The zero-order valence-corrected chi connectivity index (χ0v) is 12.7. The first-order valence-electron chi connectivity index (χ1n) is 5.54. The number of rotatable bonds is 4. The average molecular weight is 367 g/mol. The minimum absolute atomic E-state index is 0.264. The first kappa shape index (κ1) is 15.1. The number of thiazole rings is 1. The summed E-state index contributed by atoms with van der Waals surface area (Å²) in [4.78, 5) is 4.29. The summed E-state index contributed by atoms with van der Waals surface area (Å²) in [5, 5.41) is 5.99. The van der Waals surface area contributed by atoms with Crippen molar-refractivity contribution in [2.75, 3.05) is 5.32 Å². The monoisotopic (exact) mass is 366 g/mol. The van der Waals surface area contributed by atoms with Crippen LogP contribution in [0.4, 0.5) is 18.9 Å². The molecule has 1 aromatic carbocycles. The number of alkyl halides is 3. The molecule has 2 aromatic rings.